The van der Waals surface area contributed by atoms with Crippen molar-refractivity contribution >= 4 is 17.3 Å². The van der Waals surface area contributed by atoms with Crippen LogP contribution < -0.4 is 20.9 Å². The molecule has 4 rings (SSSR count). The fourth-order valence-corrected chi connectivity index (χ4v) is 4.32. The third-order valence-corrected chi connectivity index (χ3v) is 5.96. The van der Waals surface area contributed by atoms with Gasteiger partial charge in [-0.05, 0) is 41.5 Å². The zero-order valence-electron chi connectivity index (χ0n) is 18.6. The van der Waals surface area contributed by atoms with E-state index in [2.05, 4.69) is 9.72 Å². The Morgan fingerprint density at radius 2 is 1.80 bits per heavy atom. The average molecular weight is 510 g/mol. The number of alkyl halides is 3. The SMILES string of the molecule is CC1C=C(Cc2cc(OC(F)(F)F)ccc2F)N(Cc2ccc(Cl)cc2)c2c1n(C)c(=O)[nH]c2=O. The smallest absolute Gasteiger partial charge is 0.406 e. The van der Waals surface area contributed by atoms with Gasteiger partial charge in [-0.1, -0.05) is 36.7 Å². The molecule has 1 unspecified atom stereocenters. The van der Waals surface area contributed by atoms with Gasteiger partial charge in [-0.25, -0.2) is 9.18 Å². The van der Waals surface area contributed by atoms with Crippen LogP contribution in [0.3, 0.4) is 0 Å². The van der Waals surface area contributed by atoms with E-state index in [1.807, 2.05) is 0 Å². The van der Waals surface area contributed by atoms with Gasteiger partial charge in [0, 0.05) is 36.7 Å². The normalized spacial score (nSPS) is 15.6. The predicted molar refractivity (Wildman–Crippen MR) is 123 cm³/mol. The Kier molecular flexibility index (Phi) is 6.50. The molecule has 2 heterocycles. The molecule has 0 saturated carbocycles. The molecule has 0 saturated heterocycles. The number of fused-ring (bicyclic) bond motifs is 1. The van der Waals surface area contributed by atoms with Crippen molar-refractivity contribution in [3.8, 4) is 5.75 Å². The van der Waals surface area contributed by atoms with Crippen molar-refractivity contribution in [1.82, 2.24) is 9.55 Å². The summed E-state index contributed by atoms with van der Waals surface area (Å²) in [5.41, 5.74) is 0.671. The number of anilines is 1. The van der Waals surface area contributed by atoms with Gasteiger partial charge < -0.3 is 9.64 Å². The van der Waals surface area contributed by atoms with Gasteiger partial charge in [0.1, 0.15) is 17.3 Å². The van der Waals surface area contributed by atoms with E-state index in [0.29, 0.717) is 16.4 Å². The van der Waals surface area contributed by atoms with Crippen LogP contribution in [0.4, 0.5) is 23.2 Å². The summed E-state index contributed by atoms with van der Waals surface area (Å²) in [4.78, 5) is 29.1. The highest BCUT2D eigenvalue weighted by Gasteiger charge is 2.32. The molecule has 0 amide bonds. The van der Waals surface area contributed by atoms with Crippen LogP contribution in [0, 0.1) is 5.82 Å². The largest absolute Gasteiger partial charge is 0.573 e. The molecular weight excluding hydrogens is 490 g/mol. The molecule has 11 heteroatoms. The number of hydrogen-bond donors (Lipinski definition) is 1. The zero-order chi connectivity index (χ0) is 25.5. The molecule has 1 aromatic heterocycles. The summed E-state index contributed by atoms with van der Waals surface area (Å²) in [6, 6.07) is 9.64. The van der Waals surface area contributed by atoms with Crippen LogP contribution >= 0.6 is 11.6 Å². The maximum absolute atomic E-state index is 14.6. The standard InChI is InChI=1S/C24H20ClF4N3O3/c1-13-9-17(10-15-11-18(7-8-19(15)26)35-24(27,28)29)32(12-14-3-5-16(25)6-4-14)21-20(13)31(2)23(34)30-22(21)33/h3-9,11,13H,10,12H2,1-2H3,(H,30,33,34). The fourth-order valence-electron chi connectivity index (χ4n) is 4.19. The number of halogens is 5. The van der Waals surface area contributed by atoms with E-state index >= 15 is 0 Å². The number of rotatable bonds is 5. The van der Waals surface area contributed by atoms with Crippen molar-refractivity contribution in [3.05, 3.63) is 103 Å². The lowest BCUT2D eigenvalue weighted by molar-refractivity contribution is -0.274. The first-order valence-corrected chi connectivity index (χ1v) is 10.9. The maximum Gasteiger partial charge on any atom is 0.573 e. The molecule has 1 atom stereocenters. The van der Waals surface area contributed by atoms with Crippen LogP contribution in [-0.4, -0.2) is 15.9 Å². The quantitative estimate of drug-likeness (QED) is 0.491. The highest BCUT2D eigenvalue weighted by Crippen LogP contribution is 2.36. The van der Waals surface area contributed by atoms with Crippen LogP contribution in [-0.2, 0) is 20.0 Å². The van der Waals surface area contributed by atoms with Gasteiger partial charge >= 0.3 is 12.1 Å². The predicted octanol–water partition coefficient (Wildman–Crippen LogP) is 5.02. The van der Waals surface area contributed by atoms with Gasteiger partial charge in [0.2, 0.25) is 0 Å². The third kappa shape index (κ3) is 5.27. The number of allylic oxidation sites excluding steroid dienone is 2. The molecule has 1 aliphatic rings. The second-order valence-electron chi connectivity index (χ2n) is 8.19. The second kappa shape index (κ2) is 9.26. The number of nitrogens with zero attached hydrogens (tertiary/aromatic N) is 2. The minimum atomic E-state index is -4.93. The number of aromatic nitrogens is 2. The zero-order valence-corrected chi connectivity index (χ0v) is 19.4. The van der Waals surface area contributed by atoms with Crippen LogP contribution in [0.15, 0.2) is 63.8 Å². The van der Waals surface area contributed by atoms with Gasteiger partial charge in [0.15, 0.2) is 0 Å². The molecule has 0 spiro atoms. The summed E-state index contributed by atoms with van der Waals surface area (Å²) < 4.78 is 58.0. The van der Waals surface area contributed by atoms with Crippen molar-refractivity contribution in [1.29, 1.82) is 0 Å². The summed E-state index contributed by atoms with van der Waals surface area (Å²) in [5.74, 6) is -1.68. The molecule has 0 aliphatic carbocycles. The lowest BCUT2D eigenvalue weighted by Gasteiger charge is -2.35. The molecule has 1 N–H and O–H groups in total. The van der Waals surface area contributed by atoms with Crippen LogP contribution in [0.5, 0.6) is 5.75 Å². The molecule has 0 radical (unpaired) electrons. The Bertz CT molecular complexity index is 1410. The summed E-state index contributed by atoms with van der Waals surface area (Å²) in [5, 5.41) is 0.515. The van der Waals surface area contributed by atoms with E-state index in [1.54, 1.807) is 42.2 Å². The Morgan fingerprint density at radius 3 is 2.46 bits per heavy atom. The second-order valence-corrected chi connectivity index (χ2v) is 8.63. The molecule has 0 fully saturated rings. The topological polar surface area (TPSA) is 67.3 Å². The van der Waals surface area contributed by atoms with Gasteiger partial charge in [-0.3, -0.25) is 14.3 Å². The molecule has 35 heavy (non-hydrogen) atoms. The van der Waals surface area contributed by atoms with Crippen LogP contribution in [0.2, 0.25) is 5.02 Å². The Morgan fingerprint density at radius 1 is 1.11 bits per heavy atom. The van der Waals surface area contributed by atoms with Crippen LogP contribution in [0.1, 0.15) is 29.7 Å². The fraction of sp³-hybridized carbons (Fsp3) is 0.250. The Hall–Kier alpha value is -3.53. The molecule has 184 valence electrons. The third-order valence-electron chi connectivity index (χ3n) is 5.71. The number of nitrogens with one attached hydrogen (secondary N) is 1. The highest BCUT2D eigenvalue weighted by molar-refractivity contribution is 6.30. The van der Waals surface area contributed by atoms with Gasteiger partial charge in [-0.2, -0.15) is 0 Å². The van der Waals surface area contributed by atoms with Gasteiger partial charge in [0.25, 0.3) is 5.56 Å². The first-order valence-electron chi connectivity index (χ1n) is 10.5. The summed E-state index contributed by atoms with van der Waals surface area (Å²) in [7, 11) is 1.53. The molecule has 0 bridgehead atoms. The molecule has 1 aliphatic heterocycles. The van der Waals surface area contributed by atoms with E-state index in [4.69, 9.17) is 11.6 Å². The summed E-state index contributed by atoms with van der Waals surface area (Å²) in [6.07, 6.45) is -3.29. The Balaban J connectivity index is 1.80. The van der Waals surface area contributed by atoms with E-state index in [0.717, 1.165) is 23.8 Å². The summed E-state index contributed by atoms with van der Waals surface area (Å²) in [6.45, 7) is 1.95. The van der Waals surface area contributed by atoms with Crippen molar-refractivity contribution in [2.45, 2.75) is 32.2 Å². The first-order chi connectivity index (χ1) is 16.4. The summed E-state index contributed by atoms with van der Waals surface area (Å²) >= 11 is 5.98. The first kappa shape index (κ1) is 24.6. The number of ether oxygens (including phenoxy) is 1. The maximum atomic E-state index is 14.6. The average Bonchev–Trinajstić information content (AvgIpc) is 2.76. The molecule has 6 nitrogen and oxygen atoms in total. The van der Waals surface area contributed by atoms with Crippen LogP contribution in [0.25, 0.3) is 0 Å². The van der Waals surface area contributed by atoms with Gasteiger partial charge in [0.05, 0.1) is 5.69 Å². The van der Waals surface area contributed by atoms with Crippen molar-refractivity contribution in [3.63, 3.8) is 0 Å². The van der Waals surface area contributed by atoms with E-state index < -0.39 is 35.1 Å². The lowest BCUT2D eigenvalue weighted by Crippen LogP contribution is -2.40. The van der Waals surface area contributed by atoms with E-state index in [1.165, 1.54) is 11.6 Å². The molecule has 2 aromatic carbocycles. The number of H-pyrrole nitrogens is 1. The Labute approximate surface area is 202 Å². The van der Waals surface area contributed by atoms with E-state index in [-0.39, 0.29) is 24.2 Å². The minimum absolute atomic E-state index is 0.0454. The lowest BCUT2D eigenvalue weighted by atomic mass is 9.95. The monoisotopic (exact) mass is 509 g/mol. The number of aromatic amines is 1. The number of benzene rings is 2. The number of hydrogen-bond acceptors (Lipinski definition) is 4. The van der Waals surface area contributed by atoms with Crippen molar-refractivity contribution < 1.29 is 22.3 Å². The molecular formula is C24H20ClF4N3O3. The minimum Gasteiger partial charge on any atom is -0.406 e. The highest BCUT2D eigenvalue weighted by atomic mass is 35.5. The van der Waals surface area contributed by atoms with E-state index in [9.17, 15) is 27.2 Å². The van der Waals surface area contributed by atoms with Crippen molar-refractivity contribution in [2.75, 3.05) is 4.90 Å². The van der Waals surface area contributed by atoms with Crippen molar-refractivity contribution in [2.24, 2.45) is 7.05 Å². The molecule has 3 aromatic rings. The van der Waals surface area contributed by atoms with Gasteiger partial charge in [-0.15, -0.1) is 13.2 Å².